The third kappa shape index (κ3) is 3.95. The van der Waals surface area contributed by atoms with Crippen molar-refractivity contribution in [2.75, 3.05) is 11.9 Å². The molecule has 0 bridgehead atoms. The summed E-state index contributed by atoms with van der Waals surface area (Å²) in [5, 5.41) is 2.81. The Bertz CT molecular complexity index is 713. The number of carbonyl (C=O) groups excluding carboxylic acids is 2. The zero-order valence-corrected chi connectivity index (χ0v) is 13.9. The van der Waals surface area contributed by atoms with E-state index in [0.29, 0.717) is 17.6 Å². The third-order valence-electron chi connectivity index (χ3n) is 3.34. The minimum absolute atomic E-state index is 0.157. The first kappa shape index (κ1) is 16.2. The van der Waals surface area contributed by atoms with Crippen LogP contribution in [0.3, 0.4) is 0 Å². The fraction of sp³-hybridized carbons (Fsp3) is 0.176. The first-order valence-electron chi connectivity index (χ1n) is 6.75. The van der Waals surface area contributed by atoms with Crippen LogP contribution in [-0.4, -0.2) is 18.8 Å². The number of anilines is 1. The normalized spacial score (nSPS) is 10.1. The van der Waals surface area contributed by atoms with Crippen molar-refractivity contribution in [2.45, 2.75) is 13.8 Å². The Labute approximate surface area is 137 Å². The number of amides is 1. The number of halogens is 1. The zero-order valence-electron chi connectivity index (χ0n) is 12.4. The molecule has 5 heteroatoms. The van der Waals surface area contributed by atoms with Crippen molar-refractivity contribution in [3.8, 4) is 5.75 Å². The van der Waals surface area contributed by atoms with E-state index in [1.165, 1.54) is 0 Å². The van der Waals surface area contributed by atoms with Crippen molar-refractivity contribution in [1.82, 2.24) is 0 Å². The predicted octanol–water partition coefficient (Wildman–Crippen LogP) is 3.90. The number of hydrogen-bond acceptors (Lipinski definition) is 3. The van der Waals surface area contributed by atoms with Crippen molar-refractivity contribution in [1.29, 1.82) is 0 Å². The molecule has 114 valence electrons. The fourth-order valence-corrected chi connectivity index (χ4v) is 2.34. The molecule has 0 aliphatic heterocycles. The highest BCUT2D eigenvalue weighted by Crippen LogP contribution is 2.22. The van der Waals surface area contributed by atoms with Gasteiger partial charge in [0.2, 0.25) is 0 Å². The molecule has 2 aromatic carbocycles. The van der Waals surface area contributed by atoms with E-state index in [1.54, 1.807) is 18.2 Å². The van der Waals surface area contributed by atoms with Crippen LogP contribution in [0.2, 0.25) is 0 Å². The second kappa shape index (κ2) is 7.22. The van der Waals surface area contributed by atoms with Gasteiger partial charge in [-0.25, -0.2) is 0 Å². The average molecular weight is 362 g/mol. The van der Waals surface area contributed by atoms with Crippen LogP contribution >= 0.6 is 15.9 Å². The van der Waals surface area contributed by atoms with Gasteiger partial charge in [0.15, 0.2) is 12.9 Å². The van der Waals surface area contributed by atoms with E-state index < -0.39 is 0 Å². The summed E-state index contributed by atoms with van der Waals surface area (Å²) < 4.78 is 6.20. The molecule has 1 N–H and O–H groups in total. The van der Waals surface area contributed by atoms with Gasteiger partial charge in [-0.2, -0.15) is 0 Å². The molecular formula is C17H16BrNO3. The van der Waals surface area contributed by atoms with Crippen LogP contribution in [0.5, 0.6) is 5.75 Å². The van der Waals surface area contributed by atoms with Gasteiger partial charge in [-0.1, -0.05) is 28.1 Å². The van der Waals surface area contributed by atoms with E-state index in [2.05, 4.69) is 21.2 Å². The second-order valence-corrected chi connectivity index (χ2v) is 5.80. The maximum atomic E-state index is 12.0. The number of ether oxygens (including phenoxy) is 1. The molecule has 0 aliphatic carbocycles. The lowest BCUT2D eigenvalue weighted by molar-refractivity contribution is -0.118. The topological polar surface area (TPSA) is 55.4 Å². The molecule has 22 heavy (non-hydrogen) atoms. The molecule has 0 unspecified atom stereocenters. The number of hydrogen-bond donors (Lipinski definition) is 1. The van der Waals surface area contributed by atoms with E-state index in [0.717, 1.165) is 21.3 Å². The summed E-state index contributed by atoms with van der Waals surface area (Å²) in [6, 6.07) is 10.8. The van der Waals surface area contributed by atoms with Crippen LogP contribution in [0.1, 0.15) is 21.5 Å². The van der Waals surface area contributed by atoms with Crippen LogP contribution < -0.4 is 10.1 Å². The van der Waals surface area contributed by atoms with Crippen LogP contribution in [0.25, 0.3) is 0 Å². The SMILES string of the molecule is Cc1cccc(NC(=O)COc2ccc(Br)cc2C=O)c1C. The summed E-state index contributed by atoms with van der Waals surface area (Å²) in [5.41, 5.74) is 3.29. The summed E-state index contributed by atoms with van der Waals surface area (Å²) in [4.78, 5) is 23.0. The van der Waals surface area contributed by atoms with Crippen molar-refractivity contribution in [3.05, 3.63) is 57.6 Å². The number of nitrogens with one attached hydrogen (secondary N) is 1. The van der Waals surface area contributed by atoms with E-state index in [1.807, 2.05) is 32.0 Å². The molecular weight excluding hydrogens is 346 g/mol. The van der Waals surface area contributed by atoms with Gasteiger partial charge in [-0.3, -0.25) is 9.59 Å². The molecule has 0 saturated carbocycles. The van der Waals surface area contributed by atoms with Gasteiger partial charge in [0.05, 0.1) is 5.56 Å². The van der Waals surface area contributed by atoms with Crippen molar-refractivity contribution >= 4 is 33.8 Å². The molecule has 0 aliphatic rings. The van der Waals surface area contributed by atoms with Gasteiger partial charge in [-0.05, 0) is 49.2 Å². The van der Waals surface area contributed by atoms with Gasteiger partial charge in [0.25, 0.3) is 5.91 Å². The Morgan fingerprint density at radius 1 is 1.27 bits per heavy atom. The zero-order chi connectivity index (χ0) is 16.1. The van der Waals surface area contributed by atoms with Gasteiger partial charge in [0.1, 0.15) is 5.75 Å². The third-order valence-corrected chi connectivity index (χ3v) is 3.83. The summed E-state index contributed by atoms with van der Waals surface area (Å²) in [5.74, 6) is 0.114. The Morgan fingerprint density at radius 2 is 2.05 bits per heavy atom. The lowest BCUT2D eigenvalue weighted by Gasteiger charge is -2.12. The van der Waals surface area contributed by atoms with Gasteiger partial charge >= 0.3 is 0 Å². The number of aldehydes is 1. The number of carbonyl (C=O) groups is 2. The Morgan fingerprint density at radius 3 is 2.77 bits per heavy atom. The minimum Gasteiger partial charge on any atom is -0.483 e. The predicted molar refractivity (Wildman–Crippen MR) is 89.6 cm³/mol. The quantitative estimate of drug-likeness (QED) is 0.821. The summed E-state index contributed by atoms with van der Waals surface area (Å²) in [6.45, 7) is 3.78. The van der Waals surface area contributed by atoms with Crippen molar-refractivity contribution in [2.24, 2.45) is 0 Å². The minimum atomic E-state index is -0.270. The van der Waals surface area contributed by atoms with E-state index in [-0.39, 0.29) is 12.5 Å². The highest BCUT2D eigenvalue weighted by molar-refractivity contribution is 9.10. The molecule has 0 fully saturated rings. The maximum absolute atomic E-state index is 12.0. The molecule has 1 amide bonds. The molecule has 0 spiro atoms. The molecule has 0 atom stereocenters. The first-order valence-corrected chi connectivity index (χ1v) is 7.54. The summed E-state index contributed by atoms with van der Waals surface area (Å²) in [7, 11) is 0. The Kier molecular flexibility index (Phi) is 5.33. The molecule has 0 radical (unpaired) electrons. The van der Waals surface area contributed by atoms with Crippen molar-refractivity contribution in [3.63, 3.8) is 0 Å². The van der Waals surface area contributed by atoms with E-state index in [9.17, 15) is 9.59 Å². The average Bonchev–Trinajstić information content (AvgIpc) is 2.50. The van der Waals surface area contributed by atoms with Crippen LogP contribution in [0, 0.1) is 13.8 Å². The smallest absolute Gasteiger partial charge is 0.262 e. The number of rotatable bonds is 5. The largest absolute Gasteiger partial charge is 0.483 e. The fourth-order valence-electron chi connectivity index (χ4n) is 1.96. The van der Waals surface area contributed by atoms with Gasteiger partial charge < -0.3 is 10.1 Å². The lowest BCUT2D eigenvalue weighted by atomic mass is 10.1. The Hall–Kier alpha value is -2.14. The van der Waals surface area contributed by atoms with Crippen molar-refractivity contribution < 1.29 is 14.3 Å². The van der Waals surface area contributed by atoms with Gasteiger partial charge in [-0.15, -0.1) is 0 Å². The molecule has 0 aromatic heterocycles. The lowest BCUT2D eigenvalue weighted by Crippen LogP contribution is -2.21. The number of aryl methyl sites for hydroxylation is 1. The van der Waals surface area contributed by atoms with E-state index in [4.69, 9.17) is 4.74 Å². The molecule has 0 heterocycles. The maximum Gasteiger partial charge on any atom is 0.262 e. The van der Waals surface area contributed by atoms with E-state index >= 15 is 0 Å². The highest BCUT2D eigenvalue weighted by atomic mass is 79.9. The molecule has 2 rings (SSSR count). The Balaban J connectivity index is 2.01. The summed E-state index contributed by atoms with van der Waals surface area (Å²) >= 11 is 3.28. The molecule has 2 aromatic rings. The standard InChI is InChI=1S/C17H16BrNO3/c1-11-4-3-5-15(12(11)2)19-17(21)10-22-16-7-6-14(18)8-13(16)9-20/h3-9H,10H2,1-2H3,(H,19,21). The number of benzene rings is 2. The highest BCUT2D eigenvalue weighted by Gasteiger charge is 2.09. The second-order valence-electron chi connectivity index (χ2n) is 4.88. The molecule has 0 saturated heterocycles. The summed E-state index contributed by atoms with van der Waals surface area (Å²) in [6.07, 6.45) is 0.697. The monoisotopic (exact) mass is 361 g/mol. The molecule has 4 nitrogen and oxygen atoms in total. The van der Waals surface area contributed by atoms with Crippen LogP contribution in [-0.2, 0) is 4.79 Å². The van der Waals surface area contributed by atoms with Crippen LogP contribution in [0.4, 0.5) is 5.69 Å². The van der Waals surface area contributed by atoms with Crippen LogP contribution in [0.15, 0.2) is 40.9 Å². The first-order chi connectivity index (χ1) is 10.5. The van der Waals surface area contributed by atoms with Gasteiger partial charge in [0, 0.05) is 10.2 Å².